The van der Waals surface area contributed by atoms with E-state index >= 15 is 0 Å². The molecule has 9 heteroatoms. The Bertz CT molecular complexity index is 1170. The molecule has 0 spiro atoms. The lowest BCUT2D eigenvalue weighted by molar-refractivity contribution is -0.137. The van der Waals surface area contributed by atoms with Gasteiger partial charge < -0.3 is 8.94 Å². The van der Waals surface area contributed by atoms with Crippen molar-refractivity contribution in [1.29, 1.82) is 0 Å². The van der Waals surface area contributed by atoms with Crippen molar-refractivity contribution in [2.24, 2.45) is 0 Å². The summed E-state index contributed by atoms with van der Waals surface area (Å²) in [6.45, 7) is 2.01. The molecule has 1 saturated heterocycles. The minimum Gasteiger partial charge on any atom is -0.440 e. The summed E-state index contributed by atoms with van der Waals surface area (Å²) in [5.74, 6) is 1.40. The highest BCUT2D eigenvalue weighted by Crippen LogP contribution is 2.32. The monoisotopic (exact) mass is 428 g/mol. The van der Waals surface area contributed by atoms with E-state index in [0.717, 1.165) is 55.1 Å². The maximum atomic E-state index is 13.0. The molecule has 1 aliphatic heterocycles. The number of hydrogen-bond acceptors (Lipinski definition) is 6. The molecule has 0 N–H and O–H groups in total. The SMILES string of the molecule is FC(F)(F)c1cccc(-c2noc(CN3CCC[C@@H](c4nc5ccccc5o4)C3)n2)c1. The zero-order valence-electron chi connectivity index (χ0n) is 16.5. The van der Waals surface area contributed by atoms with Crippen molar-refractivity contribution in [3.05, 3.63) is 65.9 Å². The van der Waals surface area contributed by atoms with E-state index in [-0.39, 0.29) is 17.3 Å². The van der Waals surface area contributed by atoms with Crippen molar-refractivity contribution in [2.75, 3.05) is 13.1 Å². The first-order valence-corrected chi connectivity index (χ1v) is 10.0. The molecule has 160 valence electrons. The van der Waals surface area contributed by atoms with Crippen LogP contribution >= 0.6 is 0 Å². The molecular formula is C22H19F3N4O2. The smallest absolute Gasteiger partial charge is 0.416 e. The van der Waals surface area contributed by atoms with Crippen LogP contribution in [0, 0.1) is 0 Å². The van der Waals surface area contributed by atoms with Gasteiger partial charge in [0.1, 0.15) is 5.52 Å². The van der Waals surface area contributed by atoms with E-state index in [2.05, 4.69) is 20.0 Å². The Morgan fingerprint density at radius 2 is 1.94 bits per heavy atom. The van der Waals surface area contributed by atoms with Gasteiger partial charge in [0, 0.05) is 18.0 Å². The Hall–Kier alpha value is -3.20. The maximum absolute atomic E-state index is 13.0. The number of para-hydroxylation sites is 2. The van der Waals surface area contributed by atoms with Crippen molar-refractivity contribution in [3.63, 3.8) is 0 Å². The number of oxazole rings is 1. The highest BCUT2D eigenvalue weighted by Gasteiger charge is 2.31. The van der Waals surface area contributed by atoms with E-state index in [1.807, 2.05) is 24.3 Å². The zero-order chi connectivity index (χ0) is 21.4. The highest BCUT2D eigenvalue weighted by molar-refractivity contribution is 5.72. The van der Waals surface area contributed by atoms with Gasteiger partial charge in [-0.05, 0) is 43.7 Å². The Labute approximate surface area is 175 Å². The summed E-state index contributed by atoms with van der Waals surface area (Å²) in [4.78, 5) is 11.1. The first-order valence-electron chi connectivity index (χ1n) is 10.0. The van der Waals surface area contributed by atoms with Crippen LogP contribution in [-0.2, 0) is 12.7 Å². The average molecular weight is 428 g/mol. The van der Waals surface area contributed by atoms with Gasteiger partial charge in [0.2, 0.25) is 11.7 Å². The molecule has 2 aromatic carbocycles. The number of halogens is 3. The average Bonchev–Trinajstić information content (AvgIpc) is 3.40. The molecule has 0 amide bonds. The molecule has 2 aromatic heterocycles. The van der Waals surface area contributed by atoms with Crippen molar-refractivity contribution < 1.29 is 22.1 Å². The van der Waals surface area contributed by atoms with Gasteiger partial charge >= 0.3 is 6.18 Å². The lowest BCUT2D eigenvalue weighted by Crippen LogP contribution is -2.34. The summed E-state index contributed by atoms with van der Waals surface area (Å²) >= 11 is 0. The number of fused-ring (bicyclic) bond motifs is 1. The van der Waals surface area contributed by atoms with Crippen LogP contribution in [0.4, 0.5) is 13.2 Å². The van der Waals surface area contributed by atoms with Gasteiger partial charge in [0.25, 0.3) is 0 Å². The number of rotatable bonds is 4. The molecule has 0 aliphatic carbocycles. The van der Waals surface area contributed by atoms with Crippen LogP contribution in [0.2, 0.25) is 0 Å². The fourth-order valence-electron chi connectivity index (χ4n) is 3.93. The van der Waals surface area contributed by atoms with Crippen LogP contribution < -0.4 is 0 Å². The van der Waals surface area contributed by atoms with Crippen LogP contribution in [0.15, 0.2) is 57.5 Å². The van der Waals surface area contributed by atoms with Crippen LogP contribution in [0.1, 0.15) is 36.1 Å². The molecule has 0 saturated carbocycles. The molecule has 0 unspecified atom stereocenters. The summed E-state index contributed by atoms with van der Waals surface area (Å²) in [6.07, 6.45) is -2.48. The summed E-state index contributed by atoms with van der Waals surface area (Å²) in [5, 5.41) is 3.87. The van der Waals surface area contributed by atoms with E-state index in [0.29, 0.717) is 12.4 Å². The number of likely N-dealkylation sites (tertiary alicyclic amines) is 1. The molecule has 1 aliphatic rings. The second-order valence-electron chi connectivity index (χ2n) is 7.68. The number of hydrogen-bond donors (Lipinski definition) is 0. The first kappa shape index (κ1) is 19.7. The predicted octanol–water partition coefficient (Wildman–Crippen LogP) is 5.28. The summed E-state index contributed by atoms with van der Waals surface area (Å²) in [6, 6.07) is 12.6. The van der Waals surface area contributed by atoms with Gasteiger partial charge in [-0.2, -0.15) is 18.2 Å². The number of alkyl halides is 3. The molecule has 1 atom stereocenters. The largest absolute Gasteiger partial charge is 0.440 e. The summed E-state index contributed by atoms with van der Waals surface area (Å²) in [5.41, 5.74) is 1.15. The molecule has 0 radical (unpaired) electrons. The van der Waals surface area contributed by atoms with Crippen LogP contribution in [-0.4, -0.2) is 33.1 Å². The van der Waals surface area contributed by atoms with E-state index in [4.69, 9.17) is 8.94 Å². The van der Waals surface area contributed by atoms with E-state index in [9.17, 15) is 13.2 Å². The minimum absolute atomic E-state index is 0.147. The molecule has 3 heterocycles. The second-order valence-corrected chi connectivity index (χ2v) is 7.68. The molecule has 0 bridgehead atoms. The number of nitrogens with zero attached hydrogens (tertiary/aromatic N) is 4. The third-order valence-corrected chi connectivity index (χ3v) is 5.44. The standard InChI is InChI=1S/C22H19F3N4O2/c23-22(24,25)16-7-3-5-14(11-16)20-27-19(31-28-20)13-29-10-4-6-15(12-29)21-26-17-8-1-2-9-18(17)30-21/h1-3,5,7-9,11,15H,4,6,10,12-13H2/t15-/m1/s1. The van der Waals surface area contributed by atoms with Crippen molar-refractivity contribution in [3.8, 4) is 11.4 Å². The molecule has 5 rings (SSSR count). The first-order chi connectivity index (χ1) is 15.0. The Morgan fingerprint density at radius 1 is 1.06 bits per heavy atom. The Morgan fingerprint density at radius 3 is 2.77 bits per heavy atom. The van der Waals surface area contributed by atoms with E-state index in [1.165, 1.54) is 12.1 Å². The zero-order valence-corrected chi connectivity index (χ0v) is 16.5. The third-order valence-electron chi connectivity index (χ3n) is 5.44. The predicted molar refractivity (Wildman–Crippen MR) is 106 cm³/mol. The van der Waals surface area contributed by atoms with Crippen molar-refractivity contribution in [1.82, 2.24) is 20.0 Å². The van der Waals surface area contributed by atoms with E-state index in [1.54, 1.807) is 0 Å². The van der Waals surface area contributed by atoms with Crippen LogP contribution in [0.5, 0.6) is 0 Å². The Kier molecular flexibility index (Phi) is 4.97. The summed E-state index contributed by atoms with van der Waals surface area (Å²) < 4.78 is 50.1. The van der Waals surface area contributed by atoms with Gasteiger partial charge in [-0.15, -0.1) is 0 Å². The number of aromatic nitrogens is 3. The molecule has 31 heavy (non-hydrogen) atoms. The molecule has 6 nitrogen and oxygen atoms in total. The Balaban J connectivity index is 1.29. The quantitative estimate of drug-likeness (QED) is 0.441. The third kappa shape index (κ3) is 4.18. The van der Waals surface area contributed by atoms with Crippen LogP contribution in [0.25, 0.3) is 22.5 Å². The second kappa shape index (κ2) is 7.81. The number of benzene rings is 2. The van der Waals surface area contributed by atoms with Gasteiger partial charge in [0.05, 0.1) is 12.1 Å². The topological polar surface area (TPSA) is 68.2 Å². The fourth-order valence-corrected chi connectivity index (χ4v) is 3.93. The van der Waals surface area contributed by atoms with Crippen molar-refractivity contribution >= 4 is 11.1 Å². The molecule has 1 fully saturated rings. The number of piperidine rings is 1. The highest BCUT2D eigenvalue weighted by atomic mass is 19.4. The lowest BCUT2D eigenvalue weighted by Gasteiger charge is -2.29. The summed E-state index contributed by atoms with van der Waals surface area (Å²) in [7, 11) is 0. The van der Waals surface area contributed by atoms with Gasteiger partial charge in [0.15, 0.2) is 11.5 Å². The minimum atomic E-state index is -4.42. The maximum Gasteiger partial charge on any atom is 0.416 e. The normalized spacial score (nSPS) is 18.0. The van der Waals surface area contributed by atoms with Crippen molar-refractivity contribution in [2.45, 2.75) is 31.5 Å². The van der Waals surface area contributed by atoms with Crippen LogP contribution in [0.3, 0.4) is 0 Å². The fraction of sp³-hybridized carbons (Fsp3) is 0.318. The van der Waals surface area contributed by atoms with E-state index < -0.39 is 11.7 Å². The van der Waals surface area contributed by atoms with Gasteiger partial charge in [-0.25, -0.2) is 4.98 Å². The molecule has 4 aromatic rings. The lowest BCUT2D eigenvalue weighted by atomic mass is 9.98. The molecular weight excluding hydrogens is 409 g/mol. The van der Waals surface area contributed by atoms with Gasteiger partial charge in [-0.1, -0.05) is 29.4 Å². The van der Waals surface area contributed by atoms with Gasteiger partial charge in [-0.3, -0.25) is 4.90 Å².